The third-order valence-corrected chi connectivity index (χ3v) is 16.5. The lowest BCUT2D eigenvalue weighted by molar-refractivity contribution is -0.142. The lowest BCUT2D eigenvalue weighted by Gasteiger charge is -2.31. The molecule has 2 heterocycles. The van der Waals surface area contributed by atoms with E-state index in [0.717, 1.165) is 45.8 Å². The van der Waals surface area contributed by atoms with E-state index >= 15 is 0 Å². The number of carbonyl (C=O) groups is 12. The molecule has 2 aliphatic rings. The second-order valence-electron chi connectivity index (χ2n) is 21.2. The number of nitrogens with zero attached hydrogens (tertiary/aromatic N) is 1. The Bertz CT molecular complexity index is 2870. The first-order chi connectivity index (χ1) is 42.0. The number of benzene rings is 3. The van der Waals surface area contributed by atoms with Gasteiger partial charge in [-0.25, -0.2) is 0 Å². The summed E-state index contributed by atoms with van der Waals surface area (Å²) in [5.74, 6) is -9.64. The zero-order chi connectivity index (χ0) is 64.7. The number of unbranched alkanes of at least 4 members (excludes halogenated alkanes) is 1. The molecule has 9 atom stereocenters. The second kappa shape index (κ2) is 39.9. The summed E-state index contributed by atoms with van der Waals surface area (Å²) in [6, 6.07) is 14.0. The molecule has 0 spiro atoms. The Labute approximate surface area is 532 Å². The molecular weight excluding hydrogens is 1210 g/mol. The van der Waals surface area contributed by atoms with Crippen molar-refractivity contribution in [2.75, 3.05) is 43.0 Å². The molecule has 89 heavy (non-hydrogen) atoms. The van der Waals surface area contributed by atoms with Gasteiger partial charge in [-0.05, 0) is 94.6 Å². The standard InChI is InChI=1S/C46H65N13O11S2.C13H20N2O.ClH/c47-18-8-7-14-29(40(64)52-23-38(51)62)54-45(69)35-15-9-19-59(35)46(70)34-25-72-71-24-28(48)39(63)55-31(20-26-10-3-1-4-11-26)43(67)56-32(21-27-12-5-2-6-13-27)42(66)53-30(16-17-36(49)60)41(65)57-33(22-37(50)61)44(68)58-34;1-4-9-14-11(3)13(16)15-12-8-6-5-7-10(12)2;/h1-6,10-13,28-35H,7-9,14-25,47-48H2,(H2,49,60)(H2,50,61)(H2,51,62)(H,52,64)(H,53,66)(H,54,69)(H,55,63)(H,56,67)(H,57,65)(H,58,68);5-8,11,14H,4,9H2,1-3H3,(H,15,16);1H/t28-,29-,30-,31-,32-,33-,34-,35-;;/m0../s1. The van der Waals surface area contributed by atoms with Crippen LogP contribution in [0, 0.1) is 6.92 Å². The van der Waals surface area contributed by atoms with Gasteiger partial charge in [-0.15, -0.1) is 12.4 Å². The highest BCUT2D eigenvalue weighted by Gasteiger charge is 2.41. The summed E-state index contributed by atoms with van der Waals surface area (Å²) in [5, 5.41) is 24.1. The summed E-state index contributed by atoms with van der Waals surface area (Å²) in [5.41, 5.74) is 31.4. The Kier molecular flexibility index (Phi) is 33.8. The van der Waals surface area contributed by atoms with Crippen molar-refractivity contribution in [1.82, 2.24) is 47.4 Å². The molecule has 3 aromatic carbocycles. The largest absolute Gasteiger partial charge is 0.370 e. The molecule has 27 nitrogen and oxygen atoms in total. The number of hydrogen-bond acceptors (Lipinski definition) is 17. The van der Waals surface area contributed by atoms with E-state index in [2.05, 4.69) is 54.8 Å². The first-order valence-electron chi connectivity index (χ1n) is 29.1. The van der Waals surface area contributed by atoms with Gasteiger partial charge in [-0.2, -0.15) is 0 Å². The van der Waals surface area contributed by atoms with Gasteiger partial charge in [0.2, 0.25) is 70.9 Å². The number of rotatable bonds is 24. The number of amides is 12. The predicted molar refractivity (Wildman–Crippen MR) is 342 cm³/mol. The average Bonchev–Trinajstić information content (AvgIpc) is 3.43. The minimum Gasteiger partial charge on any atom is -0.370 e. The summed E-state index contributed by atoms with van der Waals surface area (Å²) in [7, 11) is 2.07. The summed E-state index contributed by atoms with van der Waals surface area (Å²) in [6.45, 7) is 6.69. The maximum Gasteiger partial charge on any atom is 0.246 e. The van der Waals surface area contributed by atoms with Crippen LogP contribution in [0.25, 0.3) is 0 Å². The van der Waals surface area contributed by atoms with Crippen LogP contribution >= 0.6 is 34.0 Å². The topological polar surface area (TPSA) is 446 Å². The number of para-hydroxylation sites is 1. The second-order valence-corrected chi connectivity index (χ2v) is 23.8. The Morgan fingerprint density at radius 2 is 1.22 bits per heavy atom. The average molecular weight is 1300 g/mol. The van der Waals surface area contributed by atoms with Gasteiger partial charge in [-0.1, -0.05) is 107 Å². The first kappa shape index (κ1) is 75.4. The van der Waals surface area contributed by atoms with Crippen LogP contribution in [-0.2, 0) is 70.4 Å². The fourth-order valence-electron chi connectivity index (χ4n) is 9.18. The fraction of sp³-hybridized carbons (Fsp3) is 0.492. The fourth-order valence-corrected chi connectivity index (χ4v) is 11.5. The monoisotopic (exact) mass is 1300 g/mol. The summed E-state index contributed by atoms with van der Waals surface area (Å²) >= 11 is 0. The molecule has 0 aromatic heterocycles. The van der Waals surface area contributed by atoms with Crippen molar-refractivity contribution in [3.63, 3.8) is 0 Å². The number of primary amides is 3. The molecule has 2 aliphatic heterocycles. The van der Waals surface area contributed by atoms with Crippen LogP contribution in [0.3, 0.4) is 0 Å². The number of hydrogen-bond donors (Lipinski definition) is 14. The molecule has 0 aliphatic carbocycles. The smallest absolute Gasteiger partial charge is 0.246 e. The summed E-state index contributed by atoms with van der Waals surface area (Å²) in [4.78, 5) is 161. The highest BCUT2D eigenvalue weighted by Crippen LogP contribution is 2.26. The summed E-state index contributed by atoms with van der Waals surface area (Å²) in [6.07, 6.45) is 0.889. The van der Waals surface area contributed by atoms with Gasteiger partial charge in [0.1, 0.15) is 42.3 Å². The van der Waals surface area contributed by atoms with Crippen molar-refractivity contribution >= 4 is 111 Å². The van der Waals surface area contributed by atoms with E-state index < -0.39 is 139 Å². The van der Waals surface area contributed by atoms with Crippen LogP contribution in [0.4, 0.5) is 5.69 Å². The van der Waals surface area contributed by atoms with Crippen LogP contribution in [0.1, 0.15) is 88.3 Å². The van der Waals surface area contributed by atoms with E-state index in [1.807, 2.05) is 38.1 Å². The van der Waals surface area contributed by atoms with Crippen LogP contribution in [0.15, 0.2) is 84.9 Å². The molecule has 1 unspecified atom stereocenters. The van der Waals surface area contributed by atoms with Crippen molar-refractivity contribution in [2.24, 2.45) is 28.7 Å². The van der Waals surface area contributed by atoms with E-state index in [4.69, 9.17) is 28.7 Å². The first-order valence-corrected chi connectivity index (χ1v) is 31.6. The number of aryl methyl sites for hydroxylation is 1. The van der Waals surface area contributed by atoms with Gasteiger partial charge in [0, 0.05) is 43.0 Å². The van der Waals surface area contributed by atoms with Crippen molar-refractivity contribution in [1.29, 1.82) is 0 Å². The highest BCUT2D eigenvalue weighted by molar-refractivity contribution is 8.76. The molecule has 2 saturated heterocycles. The number of nitrogens with two attached hydrogens (primary N) is 5. The van der Waals surface area contributed by atoms with E-state index in [1.165, 1.54) is 4.90 Å². The minimum absolute atomic E-state index is 0. The van der Waals surface area contributed by atoms with Crippen molar-refractivity contribution in [3.05, 3.63) is 102 Å². The molecule has 0 bridgehead atoms. The van der Waals surface area contributed by atoms with E-state index in [0.29, 0.717) is 36.9 Å². The number of nitrogens with one attached hydrogen (secondary N) is 9. The van der Waals surface area contributed by atoms with Gasteiger partial charge in [0.05, 0.1) is 25.0 Å². The third-order valence-electron chi connectivity index (χ3n) is 14.1. The maximum absolute atomic E-state index is 14.6. The quantitative estimate of drug-likeness (QED) is 0.0366. The third kappa shape index (κ3) is 26.8. The molecule has 488 valence electrons. The van der Waals surface area contributed by atoms with Gasteiger partial charge in [0.15, 0.2) is 0 Å². The van der Waals surface area contributed by atoms with Crippen molar-refractivity contribution in [3.8, 4) is 0 Å². The Morgan fingerprint density at radius 1 is 0.674 bits per heavy atom. The van der Waals surface area contributed by atoms with Crippen LogP contribution in [0.2, 0.25) is 0 Å². The van der Waals surface area contributed by atoms with Crippen LogP contribution < -0.4 is 76.5 Å². The molecule has 30 heteroatoms. The minimum atomic E-state index is -1.76. The number of anilines is 1. The SMILES string of the molecule is CCCNC(C)C(=O)Nc1ccccc1C.Cl.NCCCC[C@H](NC(=O)[C@@H]1CCCN1C(=O)[C@@H]1CSSC[C@H](N)C(=O)N[C@@H](Cc2ccccc2)C(=O)N[C@@H](Cc2ccccc2)C(=O)N[C@@H](CCC(N)=O)C(=O)N[C@@H](CC(N)=O)C(=O)N1)C(=O)NCC(N)=O. The van der Waals surface area contributed by atoms with Gasteiger partial charge < -0.3 is 81.4 Å². The van der Waals surface area contributed by atoms with Crippen LogP contribution in [0.5, 0.6) is 0 Å². The molecule has 12 amide bonds. The van der Waals surface area contributed by atoms with Crippen molar-refractivity contribution in [2.45, 2.75) is 146 Å². The highest BCUT2D eigenvalue weighted by atomic mass is 35.5. The van der Waals surface area contributed by atoms with Gasteiger partial charge >= 0.3 is 0 Å². The van der Waals surface area contributed by atoms with Crippen LogP contribution in [-0.4, -0.2) is 168 Å². The Hall–Kier alpha value is -7.83. The summed E-state index contributed by atoms with van der Waals surface area (Å²) < 4.78 is 0. The van der Waals surface area contributed by atoms with Gasteiger partial charge in [0.25, 0.3) is 0 Å². The molecule has 19 N–H and O–H groups in total. The van der Waals surface area contributed by atoms with E-state index in [9.17, 15) is 57.5 Å². The predicted octanol–water partition coefficient (Wildman–Crippen LogP) is -1.29. The molecular formula is C59H86ClN15O12S2. The number of halogens is 1. The molecule has 0 saturated carbocycles. The zero-order valence-electron chi connectivity index (χ0n) is 50.3. The van der Waals surface area contributed by atoms with Crippen molar-refractivity contribution < 1.29 is 57.5 Å². The van der Waals surface area contributed by atoms with Gasteiger partial charge in [-0.3, -0.25) is 57.5 Å². The molecule has 2 fully saturated rings. The van der Waals surface area contributed by atoms with E-state index in [-0.39, 0.29) is 68.1 Å². The lowest BCUT2D eigenvalue weighted by Crippen LogP contribution is -2.61. The molecule has 5 rings (SSSR count). The lowest BCUT2D eigenvalue weighted by atomic mass is 10.0. The number of carbonyl (C=O) groups excluding carboxylic acids is 12. The molecule has 3 aromatic rings. The molecule has 0 radical (unpaired) electrons. The maximum atomic E-state index is 14.6. The zero-order valence-corrected chi connectivity index (χ0v) is 52.7. The van der Waals surface area contributed by atoms with E-state index in [1.54, 1.807) is 60.7 Å². The number of likely N-dealkylation sites (tertiary alicyclic amines) is 1. The normalized spacial score (nSPS) is 20.9. The Morgan fingerprint density at radius 3 is 1.80 bits per heavy atom. The Balaban J connectivity index is 0.00000105.